The number of halogens is 1. The van der Waals surface area contributed by atoms with E-state index in [9.17, 15) is 16.8 Å². The number of aromatic nitrogens is 1. The van der Waals surface area contributed by atoms with Gasteiger partial charge in [0.25, 0.3) is 10.0 Å². The molecule has 11 heteroatoms. The lowest BCUT2D eigenvalue weighted by Gasteiger charge is -2.17. The molecule has 0 radical (unpaired) electrons. The highest BCUT2D eigenvalue weighted by Crippen LogP contribution is 2.21. The maximum absolute atomic E-state index is 11.8. The lowest BCUT2D eigenvalue weighted by atomic mass is 10.4. The third kappa shape index (κ3) is 5.26. The summed E-state index contributed by atoms with van der Waals surface area (Å²) in [7, 11) is -6.88. The van der Waals surface area contributed by atoms with Gasteiger partial charge in [0, 0.05) is 19.6 Å². The summed E-state index contributed by atoms with van der Waals surface area (Å²) in [5.74, 6) is 0. The van der Waals surface area contributed by atoms with Gasteiger partial charge in [0.05, 0.1) is 12.5 Å². The fourth-order valence-corrected chi connectivity index (χ4v) is 4.80. The molecule has 7 nitrogen and oxygen atoms in total. The summed E-state index contributed by atoms with van der Waals surface area (Å²) in [5.41, 5.74) is 0. The van der Waals surface area contributed by atoms with Gasteiger partial charge in [-0.3, -0.25) is 0 Å². The molecule has 1 N–H and O–H groups in total. The van der Waals surface area contributed by atoms with Gasteiger partial charge in [-0.25, -0.2) is 30.8 Å². The van der Waals surface area contributed by atoms with E-state index in [4.69, 9.17) is 11.6 Å². The van der Waals surface area contributed by atoms with Crippen LogP contribution in [-0.2, 0) is 20.0 Å². The first-order valence-corrected chi connectivity index (χ1v) is 10.3. The second kappa shape index (κ2) is 7.14. The van der Waals surface area contributed by atoms with Gasteiger partial charge in [-0.15, -0.1) is 0 Å². The number of thiazole rings is 1. The Morgan fingerprint density at radius 3 is 2.50 bits per heavy atom. The van der Waals surface area contributed by atoms with E-state index in [0.29, 0.717) is 13.0 Å². The molecule has 0 aliphatic carbocycles. The third-order valence-corrected chi connectivity index (χ3v) is 6.84. The summed E-state index contributed by atoms with van der Waals surface area (Å²) in [5, 5.41) is 0. The van der Waals surface area contributed by atoms with Gasteiger partial charge in [0.1, 0.15) is 0 Å². The van der Waals surface area contributed by atoms with Crippen LogP contribution < -0.4 is 4.72 Å². The van der Waals surface area contributed by atoms with E-state index in [-0.39, 0.29) is 21.8 Å². The zero-order valence-corrected chi connectivity index (χ0v) is 14.2. The van der Waals surface area contributed by atoms with Crippen molar-refractivity contribution in [3.63, 3.8) is 0 Å². The third-order valence-electron chi connectivity index (χ3n) is 2.42. The Kier molecular flexibility index (Phi) is 6.35. The monoisotopic (exact) mass is 361 g/mol. The highest BCUT2D eigenvalue weighted by Gasteiger charge is 2.18. The Bertz CT molecular complexity index is 641. The molecule has 1 aromatic heterocycles. The summed E-state index contributed by atoms with van der Waals surface area (Å²) in [6.07, 6.45) is 2.69. The molecule has 0 aliphatic heterocycles. The predicted octanol–water partition coefficient (Wildman–Crippen LogP) is 0.746. The lowest BCUT2D eigenvalue weighted by Crippen LogP contribution is -2.33. The SMILES string of the molecule is CCN(CCCNS(=O)(=O)c1cnc(Cl)s1)S(C)(=O)=O. The zero-order chi connectivity index (χ0) is 15.4. The van der Waals surface area contributed by atoms with Crippen molar-refractivity contribution in [3.8, 4) is 0 Å². The maximum Gasteiger partial charge on any atom is 0.251 e. The molecule has 20 heavy (non-hydrogen) atoms. The maximum atomic E-state index is 11.8. The van der Waals surface area contributed by atoms with Crippen molar-refractivity contribution >= 4 is 43.0 Å². The molecule has 0 unspecified atom stereocenters. The van der Waals surface area contributed by atoms with Crippen molar-refractivity contribution < 1.29 is 16.8 Å². The molecule has 1 aromatic rings. The molecule has 0 saturated heterocycles. The minimum atomic E-state index is -3.63. The Morgan fingerprint density at radius 2 is 2.05 bits per heavy atom. The average molecular weight is 362 g/mol. The molecule has 0 aliphatic rings. The van der Waals surface area contributed by atoms with E-state index < -0.39 is 20.0 Å². The first-order valence-electron chi connectivity index (χ1n) is 5.73. The number of sulfonamides is 2. The highest BCUT2D eigenvalue weighted by atomic mass is 35.5. The summed E-state index contributed by atoms with van der Waals surface area (Å²) < 4.78 is 50.2. The molecular weight excluding hydrogens is 346 g/mol. The van der Waals surface area contributed by atoms with Crippen molar-refractivity contribution in [3.05, 3.63) is 10.7 Å². The quantitative estimate of drug-likeness (QED) is 0.689. The van der Waals surface area contributed by atoms with Crippen molar-refractivity contribution in [1.29, 1.82) is 0 Å². The van der Waals surface area contributed by atoms with Crippen LogP contribution in [0.4, 0.5) is 0 Å². The van der Waals surface area contributed by atoms with E-state index >= 15 is 0 Å². The van der Waals surface area contributed by atoms with Crippen LogP contribution in [0.1, 0.15) is 13.3 Å². The number of hydrogen-bond acceptors (Lipinski definition) is 6. The van der Waals surface area contributed by atoms with Gasteiger partial charge >= 0.3 is 0 Å². The van der Waals surface area contributed by atoms with Gasteiger partial charge in [-0.05, 0) is 6.42 Å². The van der Waals surface area contributed by atoms with Crippen LogP contribution in [0.15, 0.2) is 10.4 Å². The average Bonchev–Trinajstić information content (AvgIpc) is 2.75. The minimum absolute atomic E-state index is 0.0398. The van der Waals surface area contributed by atoms with Gasteiger partial charge in [-0.1, -0.05) is 29.9 Å². The van der Waals surface area contributed by atoms with Crippen LogP contribution in [0.5, 0.6) is 0 Å². The lowest BCUT2D eigenvalue weighted by molar-refractivity contribution is 0.424. The summed E-state index contributed by atoms with van der Waals surface area (Å²) in [4.78, 5) is 3.66. The molecule has 1 heterocycles. The first kappa shape index (κ1) is 17.8. The smallest absolute Gasteiger partial charge is 0.232 e. The van der Waals surface area contributed by atoms with Crippen molar-refractivity contribution in [2.45, 2.75) is 17.6 Å². The number of rotatable bonds is 8. The molecule has 0 bridgehead atoms. The van der Waals surface area contributed by atoms with Crippen LogP contribution in [0, 0.1) is 0 Å². The van der Waals surface area contributed by atoms with E-state index in [2.05, 4.69) is 9.71 Å². The van der Waals surface area contributed by atoms with E-state index in [1.807, 2.05) is 0 Å². The van der Waals surface area contributed by atoms with Gasteiger partial charge < -0.3 is 0 Å². The second-order valence-electron chi connectivity index (χ2n) is 3.94. The molecule has 0 aromatic carbocycles. The Hall–Kier alpha value is -0.260. The van der Waals surface area contributed by atoms with Crippen molar-refractivity contribution in [1.82, 2.24) is 14.0 Å². The zero-order valence-electron chi connectivity index (χ0n) is 11.0. The van der Waals surface area contributed by atoms with E-state index in [0.717, 1.165) is 17.6 Å². The predicted molar refractivity (Wildman–Crippen MR) is 79.0 cm³/mol. The Labute approximate surface area is 128 Å². The van der Waals surface area contributed by atoms with E-state index in [1.54, 1.807) is 6.92 Å². The van der Waals surface area contributed by atoms with Gasteiger partial charge in [0.2, 0.25) is 10.0 Å². The number of hydrogen-bond donors (Lipinski definition) is 1. The van der Waals surface area contributed by atoms with Gasteiger partial charge in [-0.2, -0.15) is 0 Å². The molecule has 0 amide bonds. The van der Waals surface area contributed by atoms with Crippen LogP contribution >= 0.6 is 22.9 Å². The Balaban J connectivity index is 2.49. The van der Waals surface area contributed by atoms with Crippen molar-refractivity contribution in [2.75, 3.05) is 25.9 Å². The molecule has 0 fully saturated rings. The fourth-order valence-electron chi connectivity index (χ4n) is 1.45. The number of nitrogens with one attached hydrogen (secondary N) is 1. The summed E-state index contributed by atoms with van der Waals surface area (Å²) in [6.45, 7) is 2.49. The van der Waals surface area contributed by atoms with Crippen molar-refractivity contribution in [2.24, 2.45) is 0 Å². The van der Waals surface area contributed by atoms with Crippen LogP contribution in [0.25, 0.3) is 0 Å². The fraction of sp³-hybridized carbons (Fsp3) is 0.667. The standard InChI is InChI=1S/C9H16ClN3O4S3/c1-3-13(19(2,14)15)6-4-5-12-20(16,17)8-7-11-9(10)18-8/h7,12H,3-6H2,1-2H3. The largest absolute Gasteiger partial charge is 0.251 e. The van der Waals surface area contributed by atoms with Crippen LogP contribution in [-0.4, -0.2) is 52.0 Å². The first-order chi connectivity index (χ1) is 9.16. The topological polar surface area (TPSA) is 96.4 Å². The number of nitrogens with zero attached hydrogens (tertiary/aromatic N) is 2. The van der Waals surface area contributed by atoms with Gasteiger partial charge in [0.15, 0.2) is 8.68 Å². The minimum Gasteiger partial charge on any atom is -0.232 e. The normalized spacial score (nSPS) is 13.0. The second-order valence-corrected chi connectivity index (χ2v) is 9.53. The summed E-state index contributed by atoms with van der Waals surface area (Å²) in [6, 6.07) is 0. The van der Waals surface area contributed by atoms with E-state index in [1.165, 1.54) is 10.5 Å². The molecule has 1 rings (SSSR count). The molecular formula is C9H16ClN3O4S3. The molecule has 0 saturated carbocycles. The summed E-state index contributed by atoms with van der Waals surface area (Å²) >= 11 is 6.45. The highest BCUT2D eigenvalue weighted by molar-refractivity contribution is 7.91. The Morgan fingerprint density at radius 1 is 1.40 bits per heavy atom. The van der Waals surface area contributed by atoms with Crippen LogP contribution in [0.2, 0.25) is 4.47 Å². The molecule has 116 valence electrons. The van der Waals surface area contributed by atoms with Crippen LogP contribution in [0.3, 0.4) is 0 Å². The molecule has 0 spiro atoms. The molecule has 0 atom stereocenters.